The molecule has 6 heteroatoms. The Hall–Kier alpha value is -3.67. The van der Waals surface area contributed by atoms with E-state index in [2.05, 4.69) is 118 Å². The molecule has 0 heterocycles. The molecule has 460 valence electrons. The molecule has 0 aromatic carbocycles. The zero-order chi connectivity index (χ0) is 57.8. The zero-order valence-corrected chi connectivity index (χ0v) is 52.8. The molecule has 0 fully saturated rings. The normalized spacial score (nSPS) is 12.7. The molecule has 6 nitrogen and oxygen atoms in total. The molecular weight excluding hydrogens is 985 g/mol. The van der Waals surface area contributed by atoms with Gasteiger partial charge in [-0.25, -0.2) is 0 Å². The summed E-state index contributed by atoms with van der Waals surface area (Å²) in [6.45, 7) is 6.48. The van der Waals surface area contributed by atoms with E-state index >= 15 is 0 Å². The first-order chi connectivity index (χ1) is 39.5. The van der Waals surface area contributed by atoms with Crippen LogP contribution in [0.2, 0.25) is 0 Å². The van der Waals surface area contributed by atoms with Crippen molar-refractivity contribution >= 4 is 17.9 Å². The highest BCUT2D eigenvalue weighted by Crippen LogP contribution is 2.17. The molecule has 0 aliphatic rings. The minimum absolute atomic E-state index is 0.0940. The van der Waals surface area contributed by atoms with E-state index < -0.39 is 6.10 Å². The summed E-state index contributed by atoms with van der Waals surface area (Å²) in [6, 6.07) is 0. The van der Waals surface area contributed by atoms with E-state index in [1.54, 1.807) is 0 Å². The summed E-state index contributed by atoms with van der Waals surface area (Å²) < 4.78 is 16.9. The third kappa shape index (κ3) is 65.1. The van der Waals surface area contributed by atoms with Gasteiger partial charge in [0.05, 0.1) is 0 Å². The number of hydrogen-bond acceptors (Lipinski definition) is 6. The van der Waals surface area contributed by atoms with Gasteiger partial charge in [0.1, 0.15) is 13.2 Å². The van der Waals surface area contributed by atoms with E-state index in [0.717, 1.165) is 122 Å². The summed E-state index contributed by atoms with van der Waals surface area (Å²) in [5, 5.41) is 0. The molecule has 0 aliphatic heterocycles. The minimum atomic E-state index is -0.802. The van der Waals surface area contributed by atoms with Crippen molar-refractivity contribution in [2.24, 2.45) is 0 Å². The molecule has 0 rings (SSSR count). The van der Waals surface area contributed by atoms with Crippen molar-refractivity contribution in [1.29, 1.82) is 0 Å². The quantitative estimate of drug-likeness (QED) is 0.0261. The summed E-state index contributed by atoms with van der Waals surface area (Å²) in [4.78, 5) is 38.4. The van der Waals surface area contributed by atoms with Gasteiger partial charge in [-0.1, -0.05) is 298 Å². The lowest BCUT2D eigenvalue weighted by Gasteiger charge is -2.18. The first-order valence-electron chi connectivity index (χ1n) is 34.2. The predicted octanol–water partition coefficient (Wildman–Crippen LogP) is 23.6. The monoisotopic (exact) mass is 1110 g/mol. The van der Waals surface area contributed by atoms with Crippen LogP contribution in [0.25, 0.3) is 0 Å². The molecule has 1 unspecified atom stereocenters. The minimum Gasteiger partial charge on any atom is -0.462 e. The van der Waals surface area contributed by atoms with Gasteiger partial charge in [-0.15, -0.1) is 0 Å². The van der Waals surface area contributed by atoms with Crippen LogP contribution in [-0.4, -0.2) is 37.2 Å². The van der Waals surface area contributed by atoms with E-state index in [1.165, 1.54) is 173 Å². The lowest BCUT2D eigenvalue weighted by atomic mass is 10.0. The number of unbranched alkanes of at least 4 members (excludes halogenated alkanes) is 35. The maximum atomic E-state index is 12.9. The molecule has 0 aromatic rings. The van der Waals surface area contributed by atoms with Gasteiger partial charge in [-0.05, 0) is 116 Å². The number of hydrogen-bond donors (Lipinski definition) is 0. The number of rotatable bonds is 62. The van der Waals surface area contributed by atoms with Gasteiger partial charge in [0.25, 0.3) is 0 Å². The predicted molar refractivity (Wildman–Crippen MR) is 348 cm³/mol. The van der Waals surface area contributed by atoms with E-state index in [1.807, 2.05) is 0 Å². The molecule has 0 saturated heterocycles. The highest BCUT2D eigenvalue weighted by Gasteiger charge is 2.19. The van der Waals surface area contributed by atoms with Gasteiger partial charge in [-0.3, -0.25) is 14.4 Å². The summed E-state index contributed by atoms with van der Waals surface area (Å²) in [6.07, 6.45) is 91.5. The van der Waals surface area contributed by atoms with Crippen LogP contribution in [0.1, 0.15) is 335 Å². The fraction of sp³-hybridized carbons (Fsp3) is 0.743. The van der Waals surface area contributed by atoms with Gasteiger partial charge >= 0.3 is 17.9 Å². The maximum Gasteiger partial charge on any atom is 0.306 e. The highest BCUT2D eigenvalue weighted by atomic mass is 16.6. The van der Waals surface area contributed by atoms with Crippen LogP contribution >= 0.6 is 0 Å². The maximum absolute atomic E-state index is 12.9. The lowest BCUT2D eigenvalue weighted by Crippen LogP contribution is -2.30. The molecule has 0 aromatic heterocycles. The Kier molecular flexibility index (Phi) is 64.7. The first kappa shape index (κ1) is 76.3. The molecule has 0 radical (unpaired) electrons. The third-order valence-corrected chi connectivity index (χ3v) is 14.8. The molecular formula is C74H128O6. The first-order valence-corrected chi connectivity index (χ1v) is 34.2. The topological polar surface area (TPSA) is 78.9 Å². The summed E-state index contributed by atoms with van der Waals surface area (Å²) in [5.41, 5.74) is 0. The van der Waals surface area contributed by atoms with Crippen molar-refractivity contribution in [3.05, 3.63) is 97.2 Å². The molecule has 0 bridgehead atoms. The van der Waals surface area contributed by atoms with E-state index in [-0.39, 0.29) is 37.5 Å². The van der Waals surface area contributed by atoms with E-state index in [9.17, 15) is 14.4 Å². The molecule has 0 amide bonds. The Morgan fingerprint density at radius 1 is 0.263 bits per heavy atom. The number of esters is 3. The molecule has 0 aliphatic carbocycles. The molecule has 0 spiro atoms. The second-order valence-corrected chi connectivity index (χ2v) is 22.7. The summed E-state index contributed by atoms with van der Waals surface area (Å²) in [5.74, 6) is -0.929. The third-order valence-electron chi connectivity index (χ3n) is 14.8. The second-order valence-electron chi connectivity index (χ2n) is 22.7. The van der Waals surface area contributed by atoms with Gasteiger partial charge in [-0.2, -0.15) is 0 Å². The van der Waals surface area contributed by atoms with Crippen molar-refractivity contribution < 1.29 is 28.6 Å². The van der Waals surface area contributed by atoms with Gasteiger partial charge in [0.15, 0.2) is 6.10 Å². The smallest absolute Gasteiger partial charge is 0.306 e. The second kappa shape index (κ2) is 67.8. The van der Waals surface area contributed by atoms with Crippen molar-refractivity contribution in [1.82, 2.24) is 0 Å². The molecule has 80 heavy (non-hydrogen) atoms. The van der Waals surface area contributed by atoms with Crippen LogP contribution in [0, 0.1) is 0 Å². The van der Waals surface area contributed by atoms with E-state index in [0.29, 0.717) is 12.8 Å². The SMILES string of the molecule is CC/C=C\C/C=C\C/C=C\C/C=C\C/C=C\CCCCCC(=O)OC(COC(=O)CCCCCCC/C=C\C/C=C\CCCC)COC(=O)CCCCCCCCCCCCCCCCCCC/C=C\CCCCCCCCCC. The van der Waals surface area contributed by atoms with Gasteiger partial charge in [0, 0.05) is 19.3 Å². The van der Waals surface area contributed by atoms with Crippen LogP contribution in [0.15, 0.2) is 97.2 Å². The highest BCUT2D eigenvalue weighted by molar-refractivity contribution is 5.71. The molecule has 0 saturated carbocycles. The lowest BCUT2D eigenvalue weighted by molar-refractivity contribution is -0.167. The number of carbonyl (C=O) groups excluding carboxylic acids is 3. The fourth-order valence-electron chi connectivity index (χ4n) is 9.66. The average molecular weight is 1110 g/mol. The van der Waals surface area contributed by atoms with Crippen molar-refractivity contribution in [3.8, 4) is 0 Å². The Morgan fingerprint density at radius 3 is 0.825 bits per heavy atom. The van der Waals surface area contributed by atoms with Crippen LogP contribution in [0.5, 0.6) is 0 Å². The number of allylic oxidation sites excluding steroid dienone is 16. The van der Waals surface area contributed by atoms with Crippen LogP contribution in [0.4, 0.5) is 0 Å². The molecule has 0 N–H and O–H groups in total. The van der Waals surface area contributed by atoms with Crippen LogP contribution in [-0.2, 0) is 28.6 Å². The number of carbonyl (C=O) groups is 3. The standard InChI is InChI=1S/C74H128O6/c1-4-7-10-13-16-19-22-25-28-30-32-33-34-35-36-37-38-39-40-41-43-44-46-49-52-55-58-61-64-67-73(76)79-70-71(69-78-72(75)66-63-60-57-54-51-48-27-24-21-18-15-12-9-6-3)80-74(77)68-65-62-59-56-53-50-47-45-42-31-29-26-23-20-17-14-11-8-5-2/h8,11,15,17-18,20,24,26-27,29-30,32,42,45,50,53,71H,4-7,9-10,12-14,16,19,21-23,25,28,31,33-41,43-44,46-49,51-52,54-70H2,1-3H3/b11-8-,18-15-,20-17-,27-24-,29-26-,32-30-,45-42-,53-50-. The average Bonchev–Trinajstić information content (AvgIpc) is 3.46. The van der Waals surface area contributed by atoms with Gasteiger partial charge < -0.3 is 14.2 Å². The van der Waals surface area contributed by atoms with Gasteiger partial charge in [0.2, 0.25) is 0 Å². The van der Waals surface area contributed by atoms with E-state index in [4.69, 9.17) is 14.2 Å². The molecule has 1 atom stereocenters. The largest absolute Gasteiger partial charge is 0.462 e. The van der Waals surface area contributed by atoms with Crippen LogP contribution < -0.4 is 0 Å². The van der Waals surface area contributed by atoms with Crippen molar-refractivity contribution in [3.63, 3.8) is 0 Å². The van der Waals surface area contributed by atoms with Crippen molar-refractivity contribution in [2.45, 2.75) is 341 Å². The Bertz CT molecular complexity index is 1560. The Morgan fingerprint density at radius 2 is 0.500 bits per heavy atom. The van der Waals surface area contributed by atoms with Crippen molar-refractivity contribution in [2.75, 3.05) is 13.2 Å². The fourth-order valence-corrected chi connectivity index (χ4v) is 9.66. The Balaban J connectivity index is 4.29. The Labute approximate surface area is 496 Å². The summed E-state index contributed by atoms with van der Waals surface area (Å²) >= 11 is 0. The number of ether oxygens (including phenoxy) is 3. The summed E-state index contributed by atoms with van der Waals surface area (Å²) in [7, 11) is 0. The zero-order valence-electron chi connectivity index (χ0n) is 52.8. The van der Waals surface area contributed by atoms with Crippen LogP contribution in [0.3, 0.4) is 0 Å².